The van der Waals surface area contributed by atoms with E-state index in [9.17, 15) is 4.79 Å². The second-order valence-electron chi connectivity index (χ2n) is 4.58. The summed E-state index contributed by atoms with van der Waals surface area (Å²) in [4.78, 5) is 16.7. The van der Waals surface area contributed by atoms with Crippen LogP contribution >= 0.6 is 11.6 Å². The SMILES string of the molecule is O=C(c1ccccc1)c1cccc(Cl)c1Oc1ccccn1. The highest BCUT2D eigenvalue weighted by Crippen LogP contribution is 2.33. The number of pyridine rings is 1. The van der Waals surface area contributed by atoms with Crippen molar-refractivity contribution in [3.05, 3.63) is 89.1 Å². The molecule has 0 saturated carbocycles. The summed E-state index contributed by atoms with van der Waals surface area (Å²) in [6, 6.07) is 19.4. The van der Waals surface area contributed by atoms with Crippen LogP contribution in [0.3, 0.4) is 0 Å². The molecule has 4 heteroatoms. The number of carbonyl (C=O) groups excluding carboxylic acids is 1. The van der Waals surface area contributed by atoms with E-state index in [2.05, 4.69) is 4.98 Å². The Morgan fingerprint density at radius 2 is 1.68 bits per heavy atom. The van der Waals surface area contributed by atoms with Gasteiger partial charge in [-0.1, -0.05) is 54.1 Å². The average Bonchev–Trinajstić information content (AvgIpc) is 2.58. The first-order valence-electron chi connectivity index (χ1n) is 6.73. The van der Waals surface area contributed by atoms with E-state index in [1.807, 2.05) is 18.2 Å². The van der Waals surface area contributed by atoms with E-state index in [4.69, 9.17) is 16.3 Å². The molecular weight excluding hydrogens is 298 g/mol. The maximum absolute atomic E-state index is 12.7. The van der Waals surface area contributed by atoms with Gasteiger partial charge >= 0.3 is 0 Å². The predicted molar refractivity (Wildman–Crippen MR) is 85.6 cm³/mol. The molecule has 3 rings (SSSR count). The molecular formula is C18H12ClNO2. The highest BCUT2D eigenvalue weighted by molar-refractivity contribution is 6.33. The Balaban J connectivity index is 2.02. The van der Waals surface area contributed by atoms with Gasteiger partial charge in [0, 0.05) is 17.8 Å². The molecule has 3 nitrogen and oxygen atoms in total. The molecule has 0 aliphatic rings. The summed E-state index contributed by atoms with van der Waals surface area (Å²) in [6.07, 6.45) is 1.62. The quantitative estimate of drug-likeness (QED) is 0.652. The van der Waals surface area contributed by atoms with Crippen molar-refractivity contribution in [1.82, 2.24) is 4.98 Å². The van der Waals surface area contributed by atoms with Crippen LogP contribution in [0.15, 0.2) is 72.9 Å². The van der Waals surface area contributed by atoms with Crippen molar-refractivity contribution in [2.75, 3.05) is 0 Å². The molecule has 0 saturated heterocycles. The van der Waals surface area contributed by atoms with Crippen molar-refractivity contribution in [1.29, 1.82) is 0 Å². The molecule has 1 heterocycles. The van der Waals surface area contributed by atoms with Gasteiger partial charge in [0.15, 0.2) is 11.5 Å². The van der Waals surface area contributed by atoms with Crippen LogP contribution in [0.1, 0.15) is 15.9 Å². The summed E-state index contributed by atoms with van der Waals surface area (Å²) in [5.41, 5.74) is 0.986. The van der Waals surface area contributed by atoms with Gasteiger partial charge in [-0.05, 0) is 18.2 Å². The molecule has 22 heavy (non-hydrogen) atoms. The van der Waals surface area contributed by atoms with Gasteiger partial charge in [0.2, 0.25) is 5.88 Å². The number of hydrogen-bond acceptors (Lipinski definition) is 3. The molecule has 0 amide bonds. The number of nitrogens with zero attached hydrogens (tertiary/aromatic N) is 1. The fourth-order valence-corrected chi connectivity index (χ4v) is 2.26. The van der Waals surface area contributed by atoms with Crippen molar-refractivity contribution in [3.63, 3.8) is 0 Å². The van der Waals surface area contributed by atoms with Crippen LogP contribution in [0.25, 0.3) is 0 Å². The van der Waals surface area contributed by atoms with Gasteiger partial charge in [-0.2, -0.15) is 0 Å². The maximum Gasteiger partial charge on any atom is 0.219 e. The van der Waals surface area contributed by atoms with Crippen LogP contribution in [-0.4, -0.2) is 10.8 Å². The van der Waals surface area contributed by atoms with Crippen molar-refractivity contribution in [2.24, 2.45) is 0 Å². The second-order valence-corrected chi connectivity index (χ2v) is 4.99. The van der Waals surface area contributed by atoms with Crippen LogP contribution < -0.4 is 4.74 Å². The number of para-hydroxylation sites is 1. The van der Waals surface area contributed by atoms with Crippen LogP contribution in [-0.2, 0) is 0 Å². The van der Waals surface area contributed by atoms with Crippen LogP contribution in [0.4, 0.5) is 0 Å². The minimum Gasteiger partial charge on any atom is -0.437 e. The lowest BCUT2D eigenvalue weighted by molar-refractivity contribution is 0.103. The van der Waals surface area contributed by atoms with E-state index in [0.717, 1.165) is 0 Å². The predicted octanol–water partition coefficient (Wildman–Crippen LogP) is 4.76. The smallest absolute Gasteiger partial charge is 0.219 e. The Bertz CT molecular complexity index is 789. The summed E-state index contributed by atoms with van der Waals surface area (Å²) in [5, 5.41) is 0.368. The number of ether oxygens (including phenoxy) is 1. The number of aromatic nitrogens is 1. The molecule has 0 N–H and O–H groups in total. The first kappa shape index (κ1) is 14.3. The third-order valence-electron chi connectivity index (χ3n) is 3.09. The Morgan fingerprint density at radius 3 is 2.41 bits per heavy atom. The lowest BCUT2D eigenvalue weighted by Crippen LogP contribution is -2.04. The monoisotopic (exact) mass is 309 g/mol. The zero-order valence-corrected chi connectivity index (χ0v) is 12.3. The van der Waals surface area contributed by atoms with Crippen LogP contribution in [0, 0.1) is 0 Å². The summed E-state index contributed by atoms with van der Waals surface area (Å²) in [6.45, 7) is 0. The molecule has 0 spiro atoms. The van der Waals surface area contributed by atoms with Crippen LogP contribution in [0.5, 0.6) is 11.6 Å². The normalized spacial score (nSPS) is 10.2. The minimum atomic E-state index is -0.144. The van der Waals surface area contributed by atoms with E-state index in [0.29, 0.717) is 27.8 Å². The standard InChI is InChI=1S/C18H12ClNO2/c19-15-10-6-9-14(17(21)13-7-2-1-3-8-13)18(15)22-16-11-4-5-12-20-16/h1-12H. The number of rotatable bonds is 4. The molecule has 0 aliphatic heterocycles. The average molecular weight is 310 g/mol. The van der Waals surface area contributed by atoms with Gasteiger partial charge in [0.25, 0.3) is 0 Å². The molecule has 0 aliphatic carbocycles. The second kappa shape index (κ2) is 6.41. The summed E-state index contributed by atoms with van der Waals surface area (Å²) in [5.74, 6) is 0.559. The molecule has 0 fully saturated rings. The first-order valence-corrected chi connectivity index (χ1v) is 7.10. The fraction of sp³-hybridized carbons (Fsp3) is 0. The van der Waals surface area contributed by atoms with E-state index in [1.54, 1.807) is 54.7 Å². The van der Waals surface area contributed by atoms with E-state index in [1.165, 1.54) is 0 Å². The molecule has 2 aromatic carbocycles. The van der Waals surface area contributed by atoms with E-state index < -0.39 is 0 Å². The molecule has 0 radical (unpaired) electrons. The van der Waals surface area contributed by atoms with Crippen molar-refractivity contribution >= 4 is 17.4 Å². The third kappa shape index (κ3) is 3.00. The Labute approximate surface area is 133 Å². The van der Waals surface area contributed by atoms with Crippen molar-refractivity contribution in [2.45, 2.75) is 0 Å². The van der Waals surface area contributed by atoms with Crippen LogP contribution in [0.2, 0.25) is 5.02 Å². The first-order chi connectivity index (χ1) is 10.8. The molecule has 108 valence electrons. The maximum atomic E-state index is 12.7. The van der Waals surface area contributed by atoms with Gasteiger partial charge in [-0.3, -0.25) is 4.79 Å². The lowest BCUT2D eigenvalue weighted by atomic mass is 10.0. The van der Waals surface area contributed by atoms with Crippen molar-refractivity contribution < 1.29 is 9.53 Å². The highest BCUT2D eigenvalue weighted by atomic mass is 35.5. The van der Waals surface area contributed by atoms with Gasteiger partial charge in [-0.25, -0.2) is 4.98 Å². The summed E-state index contributed by atoms with van der Waals surface area (Å²) >= 11 is 6.21. The number of ketones is 1. The number of hydrogen-bond donors (Lipinski definition) is 0. The molecule has 0 unspecified atom stereocenters. The zero-order chi connectivity index (χ0) is 15.4. The topological polar surface area (TPSA) is 39.2 Å². The zero-order valence-electron chi connectivity index (χ0n) is 11.6. The summed E-state index contributed by atoms with van der Waals surface area (Å²) < 4.78 is 5.72. The molecule has 1 aromatic heterocycles. The molecule has 0 bridgehead atoms. The Morgan fingerprint density at radius 1 is 0.909 bits per heavy atom. The summed E-state index contributed by atoms with van der Waals surface area (Å²) in [7, 11) is 0. The Kier molecular flexibility index (Phi) is 4.17. The molecule has 3 aromatic rings. The fourth-order valence-electron chi connectivity index (χ4n) is 2.05. The van der Waals surface area contributed by atoms with Gasteiger partial charge in [0.05, 0.1) is 10.6 Å². The third-order valence-corrected chi connectivity index (χ3v) is 3.39. The van der Waals surface area contributed by atoms with Gasteiger partial charge in [-0.15, -0.1) is 0 Å². The number of carbonyl (C=O) groups is 1. The Hall–Kier alpha value is -2.65. The van der Waals surface area contributed by atoms with Crippen molar-refractivity contribution in [3.8, 4) is 11.6 Å². The number of halogens is 1. The largest absolute Gasteiger partial charge is 0.437 e. The number of benzene rings is 2. The highest BCUT2D eigenvalue weighted by Gasteiger charge is 2.18. The van der Waals surface area contributed by atoms with E-state index in [-0.39, 0.29) is 5.78 Å². The van der Waals surface area contributed by atoms with Gasteiger partial charge < -0.3 is 4.74 Å². The minimum absolute atomic E-state index is 0.144. The van der Waals surface area contributed by atoms with Gasteiger partial charge in [0.1, 0.15) is 0 Å². The lowest BCUT2D eigenvalue weighted by Gasteiger charge is -2.11. The molecule has 0 atom stereocenters. The van der Waals surface area contributed by atoms with E-state index >= 15 is 0 Å².